The Labute approximate surface area is 83.2 Å². The van der Waals surface area contributed by atoms with Crippen LogP contribution in [0.15, 0.2) is 36.1 Å². The molecule has 1 aromatic rings. The normalized spacial score (nSPS) is 21.3. The smallest absolute Gasteiger partial charge is 0.123 e. The zero-order valence-electron chi connectivity index (χ0n) is 8.16. The monoisotopic (exact) mass is 192 g/mol. The van der Waals surface area contributed by atoms with Crippen molar-refractivity contribution in [1.29, 1.82) is 0 Å². The minimum Gasteiger partial charge on any atom is -0.491 e. The van der Waals surface area contributed by atoms with Gasteiger partial charge in [-0.3, -0.25) is 0 Å². The van der Waals surface area contributed by atoms with Gasteiger partial charge in [0.05, 0.1) is 5.76 Å². The summed E-state index contributed by atoms with van der Waals surface area (Å²) in [7, 11) is 0. The van der Waals surface area contributed by atoms with Crippen LogP contribution in [0.4, 0.5) is 4.39 Å². The highest BCUT2D eigenvalue weighted by Gasteiger charge is 2.15. The molecule has 0 radical (unpaired) electrons. The summed E-state index contributed by atoms with van der Waals surface area (Å²) >= 11 is 0. The first-order valence-electron chi connectivity index (χ1n) is 4.84. The Balaban J connectivity index is 2.16. The summed E-state index contributed by atoms with van der Waals surface area (Å²) in [5, 5.41) is 0. The molecule has 1 aliphatic rings. The SMILES string of the molecule is CC1=CCCC(c2ccc(F)cc2)O1. The molecule has 0 amide bonds. The van der Waals surface area contributed by atoms with Crippen molar-refractivity contribution in [1.82, 2.24) is 0 Å². The van der Waals surface area contributed by atoms with Crippen LogP contribution >= 0.6 is 0 Å². The molecule has 1 aromatic carbocycles. The number of allylic oxidation sites excluding steroid dienone is 2. The predicted octanol–water partition coefficient (Wildman–Crippen LogP) is 3.58. The molecule has 1 aliphatic heterocycles. The summed E-state index contributed by atoms with van der Waals surface area (Å²) in [5.74, 6) is 0.766. The summed E-state index contributed by atoms with van der Waals surface area (Å²) in [5.41, 5.74) is 1.05. The predicted molar refractivity (Wildman–Crippen MR) is 53.2 cm³/mol. The van der Waals surface area contributed by atoms with E-state index in [1.54, 1.807) is 12.1 Å². The Morgan fingerprint density at radius 3 is 2.64 bits per heavy atom. The third-order valence-corrected chi connectivity index (χ3v) is 2.43. The van der Waals surface area contributed by atoms with Crippen LogP contribution in [0.1, 0.15) is 31.4 Å². The molecule has 0 saturated heterocycles. The van der Waals surface area contributed by atoms with E-state index in [4.69, 9.17) is 4.74 Å². The Hall–Kier alpha value is -1.31. The quantitative estimate of drug-likeness (QED) is 0.660. The van der Waals surface area contributed by atoms with Crippen LogP contribution in [-0.4, -0.2) is 0 Å². The van der Waals surface area contributed by atoms with Gasteiger partial charge in [0.1, 0.15) is 11.9 Å². The van der Waals surface area contributed by atoms with Crippen molar-refractivity contribution < 1.29 is 9.13 Å². The third-order valence-electron chi connectivity index (χ3n) is 2.43. The van der Waals surface area contributed by atoms with Crippen LogP contribution in [0.25, 0.3) is 0 Å². The van der Waals surface area contributed by atoms with E-state index in [0.717, 1.165) is 24.2 Å². The zero-order chi connectivity index (χ0) is 9.97. The number of hydrogen-bond donors (Lipinski definition) is 0. The molecule has 1 heterocycles. The van der Waals surface area contributed by atoms with Crippen LogP contribution in [0.3, 0.4) is 0 Å². The van der Waals surface area contributed by atoms with Gasteiger partial charge in [0.2, 0.25) is 0 Å². The van der Waals surface area contributed by atoms with Gasteiger partial charge in [0, 0.05) is 0 Å². The van der Waals surface area contributed by atoms with E-state index < -0.39 is 0 Å². The lowest BCUT2D eigenvalue weighted by Gasteiger charge is -2.23. The fourth-order valence-electron chi connectivity index (χ4n) is 1.68. The maximum Gasteiger partial charge on any atom is 0.123 e. The van der Waals surface area contributed by atoms with E-state index in [1.165, 1.54) is 12.1 Å². The number of rotatable bonds is 1. The molecule has 2 heteroatoms. The van der Waals surface area contributed by atoms with Gasteiger partial charge in [-0.2, -0.15) is 0 Å². The average Bonchev–Trinajstić information content (AvgIpc) is 2.19. The number of hydrogen-bond acceptors (Lipinski definition) is 1. The molecular weight excluding hydrogens is 179 g/mol. The fraction of sp³-hybridized carbons (Fsp3) is 0.333. The molecule has 0 aromatic heterocycles. The highest BCUT2D eigenvalue weighted by Crippen LogP contribution is 2.29. The van der Waals surface area contributed by atoms with Crippen molar-refractivity contribution in [3.05, 3.63) is 47.5 Å². The van der Waals surface area contributed by atoms with E-state index in [9.17, 15) is 4.39 Å². The number of halogens is 1. The molecule has 0 saturated carbocycles. The highest BCUT2D eigenvalue weighted by atomic mass is 19.1. The molecule has 0 aliphatic carbocycles. The van der Waals surface area contributed by atoms with Gasteiger partial charge in [0.15, 0.2) is 0 Å². The summed E-state index contributed by atoms with van der Waals surface area (Å²) < 4.78 is 18.3. The maximum absolute atomic E-state index is 12.7. The minimum absolute atomic E-state index is 0.0978. The lowest BCUT2D eigenvalue weighted by atomic mass is 10.0. The average molecular weight is 192 g/mol. The van der Waals surface area contributed by atoms with Gasteiger partial charge in [-0.15, -0.1) is 0 Å². The van der Waals surface area contributed by atoms with Gasteiger partial charge < -0.3 is 4.74 Å². The lowest BCUT2D eigenvalue weighted by Crippen LogP contribution is -2.07. The minimum atomic E-state index is -0.197. The summed E-state index contributed by atoms with van der Waals surface area (Å²) in [6, 6.07) is 6.54. The first-order valence-corrected chi connectivity index (χ1v) is 4.84. The van der Waals surface area contributed by atoms with Crippen LogP contribution in [0, 0.1) is 5.82 Å². The lowest BCUT2D eigenvalue weighted by molar-refractivity contribution is 0.0972. The molecule has 0 N–H and O–H groups in total. The standard InChI is InChI=1S/C12H13FO/c1-9-3-2-4-12(14-9)10-5-7-11(13)8-6-10/h3,5-8,12H,2,4H2,1H3. The van der Waals surface area contributed by atoms with E-state index in [-0.39, 0.29) is 11.9 Å². The maximum atomic E-state index is 12.7. The zero-order valence-corrected chi connectivity index (χ0v) is 8.16. The Bertz CT molecular complexity index is 340. The molecule has 74 valence electrons. The largest absolute Gasteiger partial charge is 0.491 e. The summed E-state index contributed by atoms with van der Waals surface area (Å²) in [6.45, 7) is 1.95. The van der Waals surface area contributed by atoms with Crippen molar-refractivity contribution in [2.45, 2.75) is 25.9 Å². The second-order valence-electron chi connectivity index (χ2n) is 3.55. The molecular formula is C12H13FO. The number of benzene rings is 1. The third kappa shape index (κ3) is 1.95. The van der Waals surface area contributed by atoms with Crippen LogP contribution in [-0.2, 0) is 4.74 Å². The van der Waals surface area contributed by atoms with Crippen molar-refractivity contribution in [2.75, 3.05) is 0 Å². The van der Waals surface area contributed by atoms with Gasteiger partial charge >= 0.3 is 0 Å². The second kappa shape index (κ2) is 3.82. The molecule has 1 unspecified atom stereocenters. The molecule has 0 bridgehead atoms. The molecule has 14 heavy (non-hydrogen) atoms. The Morgan fingerprint density at radius 1 is 1.29 bits per heavy atom. The van der Waals surface area contributed by atoms with Crippen molar-refractivity contribution >= 4 is 0 Å². The molecule has 1 nitrogen and oxygen atoms in total. The van der Waals surface area contributed by atoms with Crippen LogP contribution in [0.2, 0.25) is 0 Å². The molecule has 1 atom stereocenters. The van der Waals surface area contributed by atoms with E-state index in [0.29, 0.717) is 0 Å². The van der Waals surface area contributed by atoms with Gasteiger partial charge in [-0.05, 0) is 43.5 Å². The van der Waals surface area contributed by atoms with E-state index >= 15 is 0 Å². The first-order chi connectivity index (χ1) is 6.75. The summed E-state index contributed by atoms with van der Waals surface area (Å²) in [4.78, 5) is 0. The van der Waals surface area contributed by atoms with Gasteiger partial charge in [-0.1, -0.05) is 12.1 Å². The van der Waals surface area contributed by atoms with Gasteiger partial charge in [0.25, 0.3) is 0 Å². The summed E-state index contributed by atoms with van der Waals surface area (Å²) in [6.07, 6.45) is 4.19. The first kappa shape index (κ1) is 9.25. The Kier molecular flexibility index (Phi) is 2.53. The molecule has 0 fully saturated rings. The van der Waals surface area contributed by atoms with Gasteiger partial charge in [-0.25, -0.2) is 4.39 Å². The second-order valence-corrected chi connectivity index (χ2v) is 3.55. The molecule has 0 spiro atoms. The van der Waals surface area contributed by atoms with E-state index in [2.05, 4.69) is 6.08 Å². The van der Waals surface area contributed by atoms with Crippen molar-refractivity contribution in [3.63, 3.8) is 0 Å². The van der Waals surface area contributed by atoms with E-state index in [1.807, 2.05) is 6.92 Å². The van der Waals surface area contributed by atoms with Crippen LogP contribution in [0.5, 0.6) is 0 Å². The molecule has 2 rings (SSSR count). The number of ether oxygens (including phenoxy) is 1. The fourth-order valence-corrected chi connectivity index (χ4v) is 1.68. The van der Waals surface area contributed by atoms with Crippen molar-refractivity contribution in [3.8, 4) is 0 Å². The van der Waals surface area contributed by atoms with Crippen molar-refractivity contribution in [2.24, 2.45) is 0 Å². The Morgan fingerprint density at radius 2 is 2.00 bits per heavy atom. The van der Waals surface area contributed by atoms with Crippen LogP contribution < -0.4 is 0 Å². The highest BCUT2D eigenvalue weighted by molar-refractivity contribution is 5.20. The topological polar surface area (TPSA) is 9.23 Å².